The van der Waals surface area contributed by atoms with Gasteiger partial charge in [-0.1, -0.05) is 36.9 Å². The van der Waals surface area contributed by atoms with Crippen molar-refractivity contribution in [2.75, 3.05) is 11.1 Å². The second-order valence-electron chi connectivity index (χ2n) is 5.82. The lowest BCUT2D eigenvalue weighted by atomic mass is 10.1. The van der Waals surface area contributed by atoms with Crippen LogP contribution in [0, 0.1) is 13.8 Å². The third kappa shape index (κ3) is 4.13. The van der Waals surface area contributed by atoms with Crippen LogP contribution in [0.3, 0.4) is 0 Å². The minimum absolute atomic E-state index is 0.0243. The van der Waals surface area contributed by atoms with E-state index in [1.807, 2.05) is 32.0 Å². The summed E-state index contributed by atoms with van der Waals surface area (Å²) in [6, 6.07) is 6.27. The lowest BCUT2D eigenvalue weighted by molar-refractivity contribution is -0.113. The Kier molecular flexibility index (Phi) is 5.82. The molecule has 0 spiro atoms. The number of rotatable bonds is 6. The topological polar surface area (TPSA) is 59.8 Å². The van der Waals surface area contributed by atoms with E-state index in [0.29, 0.717) is 5.75 Å². The molecule has 0 saturated carbocycles. The number of anilines is 1. The number of nitrogens with one attached hydrogen (secondary N) is 1. The standard InChI is InChI=1S/C17H24N4OS/c1-6-14-19-20-17(21(14)11(2)3)23-10-15(22)18-16-12(4)8-7-9-13(16)5/h7-9,11H,6,10H2,1-5H3,(H,18,22). The highest BCUT2D eigenvalue weighted by Gasteiger charge is 2.15. The first-order valence-corrected chi connectivity index (χ1v) is 8.85. The number of hydrogen-bond acceptors (Lipinski definition) is 4. The molecule has 1 amide bonds. The predicted molar refractivity (Wildman–Crippen MR) is 95.1 cm³/mol. The van der Waals surface area contributed by atoms with Gasteiger partial charge in [0.05, 0.1) is 5.75 Å². The van der Waals surface area contributed by atoms with Crippen molar-refractivity contribution in [3.8, 4) is 0 Å². The van der Waals surface area contributed by atoms with E-state index in [2.05, 4.69) is 40.9 Å². The minimum atomic E-state index is -0.0243. The second kappa shape index (κ2) is 7.64. The van der Waals surface area contributed by atoms with E-state index in [1.165, 1.54) is 11.8 Å². The highest BCUT2D eigenvalue weighted by atomic mass is 32.2. The minimum Gasteiger partial charge on any atom is -0.325 e. The fourth-order valence-electron chi connectivity index (χ4n) is 2.48. The molecule has 0 atom stereocenters. The number of nitrogens with zero attached hydrogens (tertiary/aromatic N) is 3. The molecule has 1 aromatic carbocycles. The van der Waals surface area contributed by atoms with Crippen molar-refractivity contribution in [3.63, 3.8) is 0 Å². The summed E-state index contributed by atoms with van der Waals surface area (Å²) in [4.78, 5) is 12.3. The number of para-hydroxylation sites is 1. The first-order valence-electron chi connectivity index (χ1n) is 7.86. The van der Waals surface area contributed by atoms with Crippen LogP contribution in [0.1, 0.15) is 43.8 Å². The third-order valence-electron chi connectivity index (χ3n) is 3.65. The van der Waals surface area contributed by atoms with Crippen LogP contribution in [0.25, 0.3) is 0 Å². The summed E-state index contributed by atoms with van der Waals surface area (Å²) >= 11 is 1.43. The normalized spacial score (nSPS) is 11.0. The first-order chi connectivity index (χ1) is 10.9. The molecule has 1 aromatic heterocycles. The molecule has 124 valence electrons. The molecule has 0 bridgehead atoms. The second-order valence-corrected chi connectivity index (χ2v) is 6.76. The number of carbonyl (C=O) groups is 1. The smallest absolute Gasteiger partial charge is 0.234 e. The molecule has 1 N–H and O–H groups in total. The highest BCUT2D eigenvalue weighted by Crippen LogP contribution is 2.23. The lowest BCUT2D eigenvalue weighted by Crippen LogP contribution is -2.16. The van der Waals surface area contributed by atoms with Crippen LogP contribution in [0.4, 0.5) is 5.69 Å². The molecular weight excluding hydrogens is 308 g/mol. The number of aromatic nitrogens is 3. The third-order valence-corrected chi connectivity index (χ3v) is 4.59. The number of carbonyl (C=O) groups excluding carboxylic acids is 1. The number of aryl methyl sites for hydroxylation is 3. The van der Waals surface area contributed by atoms with E-state index in [4.69, 9.17) is 0 Å². The monoisotopic (exact) mass is 332 g/mol. The van der Waals surface area contributed by atoms with Gasteiger partial charge in [-0.2, -0.15) is 0 Å². The van der Waals surface area contributed by atoms with Gasteiger partial charge < -0.3 is 9.88 Å². The summed E-state index contributed by atoms with van der Waals surface area (Å²) in [6.07, 6.45) is 0.834. The van der Waals surface area contributed by atoms with Crippen LogP contribution < -0.4 is 5.32 Å². The first kappa shape index (κ1) is 17.5. The van der Waals surface area contributed by atoms with Crippen LogP contribution in [-0.2, 0) is 11.2 Å². The highest BCUT2D eigenvalue weighted by molar-refractivity contribution is 7.99. The van der Waals surface area contributed by atoms with Gasteiger partial charge in [0.2, 0.25) is 5.91 Å². The Balaban J connectivity index is 2.04. The molecule has 2 aromatic rings. The van der Waals surface area contributed by atoms with Crippen molar-refractivity contribution in [3.05, 3.63) is 35.2 Å². The Labute approximate surface area is 141 Å². The molecule has 0 radical (unpaired) electrons. The number of benzene rings is 1. The van der Waals surface area contributed by atoms with Gasteiger partial charge in [-0.3, -0.25) is 4.79 Å². The zero-order chi connectivity index (χ0) is 17.0. The van der Waals surface area contributed by atoms with Gasteiger partial charge in [0, 0.05) is 18.2 Å². The quantitative estimate of drug-likeness (QED) is 0.818. The van der Waals surface area contributed by atoms with E-state index in [0.717, 1.165) is 34.2 Å². The molecular formula is C17H24N4OS. The van der Waals surface area contributed by atoms with Crippen LogP contribution in [0.5, 0.6) is 0 Å². The van der Waals surface area contributed by atoms with Crippen molar-refractivity contribution in [1.82, 2.24) is 14.8 Å². The number of amides is 1. The summed E-state index contributed by atoms with van der Waals surface area (Å²) in [6.45, 7) is 10.3. The zero-order valence-electron chi connectivity index (χ0n) is 14.4. The van der Waals surface area contributed by atoms with E-state index >= 15 is 0 Å². The maximum Gasteiger partial charge on any atom is 0.234 e. The molecule has 0 aliphatic rings. The SMILES string of the molecule is CCc1nnc(SCC(=O)Nc2c(C)cccc2C)n1C(C)C. The molecule has 1 heterocycles. The Morgan fingerprint density at radius 3 is 2.48 bits per heavy atom. The Morgan fingerprint density at radius 2 is 1.91 bits per heavy atom. The summed E-state index contributed by atoms with van der Waals surface area (Å²) in [7, 11) is 0. The van der Waals surface area contributed by atoms with E-state index in [1.54, 1.807) is 0 Å². The van der Waals surface area contributed by atoms with Gasteiger partial charge in [0.15, 0.2) is 5.16 Å². The summed E-state index contributed by atoms with van der Waals surface area (Å²) in [5.74, 6) is 1.25. The molecule has 23 heavy (non-hydrogen) atoms. The van der Waals surface area contributed by atoms with Crippen molar-refractivity contribution >= 4 is 23.4 Å². The molecule has 0 unspecified atom stereocenters. The summed E-state index contributed by atoms with van der Waals surface area (Å²) in [5, 5.41) is 12.2. The Hall–Kier alpha value is -1.82. The van der Waals surface area contributed by atoms with Crippen molar-refractivity contribution in [2.24, 2.45) is 0 Å². The molecule has 2 rings (SSSR count). The predicted octanol–water partition coefficient (Wildman–Crippen LogP) is 3.77. The summed E-state index contributed by atoms with van der Waals surface area (Å²) < 4.78 is 2.09. The van der Waals surface area contributed by atoms with Crippen LogP contribution >= 0.6 is 11.8 Å². The molecule has 0 aliphatic heterocycles. The lowest BCUT2D eigenvalue weighted by Gasteiger charge is -2.13. The van der Waals surface area contributed by atoms with Crippen molar-refractivity contribution in [2.45, 2.75) is 52.2 Å². The molecule has 6 heteroatoms. The van der Waals surface area contributed by atoms with Crippen molar-refractivity contribution < 1.29 is 4.79 Å². The van der Waals surface area contributed by atoms with Gasteiger partial charge in [0.25, 0.3) is 0 Å². The molecule has 5 nitrogen and oxygen atoms in total. The van der Waals surface area contributed by atoms with Crippen molar-refractivity contribution in [1.29, 1.82) is 0 Å². The van der Waals surface area contributed by atoms with E-state index in [9.17, 15) is 4.79 Å². The average molecular weight is 332 g/mol. The van der Waals surface area contributed by atoms with Gasteiger partial charge in [-0.15, -0.1) is 10.2 Å². The van der Waals surface area contributed by atoms with Gasteiger partial charge in [0.1, 0.15) is 5.82 Å². The van der Waals surface area contributed by atoms with Gasteiger partial charge in [-0.25, -0.2) is 0 Å². The zero-order valence-corrected chi connectivity index (χ0v) is 15.2. The average Bonchev–Trinajstić information content (AvgIpc) is 2.92. The molecule has 0 aliphatic carbocycles. The Morgan fingerprint density at radius 1 is 1.26 bits per heavy atom. The van der Waals surface area contributed by atoms with E-state index in [-0.39, 0.29) is 11.9 Å². The van der Waals surface area contributed by atoms with Crippen LogP contribution in [0.15, 0.2) is 23.4 Å². The number of thioether (sulfide) groups is 1. The largest absolute Gasteiger partial charge is 0.325 e. The van der Waals surface area contributed by atoms with Crippen LogP contribution in [-0.4, -0.2) is 26.4 Å². The van der Waals surface area contributed by atoms with Gasteiger partial charge in [-0.05, 0) is 38.8 Å². The fourth-order valence-corrected chi connectivity index (χ4v) is 3.37. The maximum atomic E-state index is 12.3. The maximum absolute atomic E-state index is 12.3. The fraction of sp³-hybridized carbons (Fsp3) is 0.471. The van der Waals surface area contributed by atoms with E-state index < -0.39 is 0 Å². The molecule has 0 fully saturated rings. The summed E-state index contributed by atoms with van der Waals surface area (Å²) in [5.41, 5.74) is 3.04. The Bertz CT molecular complexity index is 674. The number of hydrogen-bond donors (Lipinski definition) is 1. The van der Waals surface area contributed by atoms with Crippen LogP contribution in [0.2, 0.25) is 0 Å². The molecule has 0 saturated heterocycles. The van der Waals surface area contributed by atoms with Gasteiger partial charge >= 0.3 is 0 Å².